The lowest BCUT2D eigenvalue weighted by molar-refractivity contribution is 0.471. The molecule has 94 valence electrons. The fourth-order valence-corrected chi connectivity index (χ4v) is 2.29. The number of halogens is 2. The van der Waals surface area contributed by atoms with Crippen LogP contribution >= 0.6 is 27.5 Å². The van der Waals surface area contributed by atoms with E-state index in [0.29, 0.717) is 16.2 Å². The van der Waals surface area contributed by atoms with Gasteiger partial charge >= 0.3 is 0 Å². The number of phenols is 1. The Labute approximate surface area is 119 Å². The summed E-state index contributed by atoms with van der Waals surface area (Å²) in [6.45, 7) is 2.59. The predicted molar refractivity (Wildman–Crippen MR) is 77.1 cm³/mol. The Bertz CT molecular complexity index is 555. The first kappa shape index (κ1) is 13.2. The Morgan fingerprint density at radius 1 is 1.39 bits per heavy atom. The van der Waals surface area contributed by atoms with E-state index >= 15 is 0 Å². The van der Waals surface area contributed by atoms with E-state index in [-0.39, 0.29) is 5.75 Å². The maximum atomic E-state index is 9.42. The summed E-state index contributed by atoms with van der Waals surface area (Å²) in [6.07, 6.45) is 1.68. The molecule has 0 spiro atoms. The number of nitrogens with zero attached hydrogens (tertiary/aromatic N) is 1. The predicted octanol–water partition coefficient (Wildman–Crippen LogP) is 4.12. The van der Waals surface area contributed by atoms with Crippen molar-refractivity contribution in [1.29, 1.82) is 0 Å². The van der Waals surface area contributed by atoms with Crippen molar-refractivity contribution in [3.05, 3.63) is 51.2 Å². The molecule has 0 fully saturated rings. The molecule has 2 N–H and O–H groups in total. The lowest BCUT2D eigenvalue weighted by Gasteiger charge is -2.11. The minimum atomic E-state index is 0.231. The average molecular weight is 328 g/mol. The van der Waals surface area contributed by atoms with Gasteiger partial charge in [0.05, 0.1) is 10.2 Å². The van der Waals surface area contributed by atoms with E-state index in [0.717, 1.165) is 16.8 Å². The van der Waals surface area contributed by atoms with Crippen molar-refractivity contribution in [2.45, 2.75) is 13.5 Å². The maximum absolute atomic E-state index is 9.42. The van der Waals surface area contributed by atoms with Gasteiger partial charge in [0.15, 0.2) is 5.15 Å². The maximum Gasteiger partial charge on any atom is 0.152 e. The summed E-state index contributed by atoms with van der Waals surface area (Å²) in [6, 6.07) is 7.27. The Morgan fingerprint density at radius 2 is 2.17 bits per heavy atom. The first-order chi connectivity index (χ1) is 8.58. The van der Waals surface area contributed by atoms with E-state index in [1.54, 1.807) is 12.3 Å². The highest BCUT2D eigenvalue weighted by Crippen LogP contribution is 2.26. The number of hydrogen-bond acceptors (Lipinski definition) is 3. The molecule has 1 heterocycles. The third-order valence-electron chi connectivity index (χ3n) is 2.59. The number of benzene rings is 1. The topological polar surface area (TPSA) is 45.2 Å². The van der Waals surface area contributed by atoms with Gasteiger partial charge in [-0.05, 0) is 52.2 Å². The highest BCUT2D eigenvalue weighted by atomic mass is 79.9. The highest BCUT2D eigenvalue weighted by Gasteiger charge is 2.05. The molecule has 5 heteroatoms. The zero-order valence-electron chi connectivity index (χ0n) is 9.74. The zero-order valence-corrected chi connectivity index (χ0v) is 12.1. The molecule has 18 heavy (non-hydrogen) atoms. The molecule has 0 aliphatic carbocycles. The van der Waals surface area contributed by atoms with Gasteiger partial charge in [0.1, 0.15) is 5.75 Å². The third-order valence-corrected chi connectivity index (χ3v) is 3.52. The first-order valence-corrected chi connectivity index (χ1v) is 6.57. The largest absolute Gasteiger partial charge is 0.507 e. The summed E-state index contributed by atoms with van der Waals surface area (Å²) >= 11 is 9.31. The van der Waals surface area contributed by atoms with Gasteiger partial charge in [0, 0.05) is 12.7 Å². The van der Waals surface area contributed by atoms with Crippen LogP contribution in [0.3, 0.4) is 0 Å². The molecule has 0 atom stereocenters. The molecule has 2 aromatic rings. The summed E-state index contributed by atoms with van der Waals surface area (Å²) < 4.78 is 0.677. The van der Waals surface area contributed by atoms with Gasteiger partial charge in [-0.15, -0.1) is 0 Å². The highest BCUT2D eigenvalue weighted by molar-refractivity contribution is 9.10. The standard InChI is InChI=1S/C13H12BrClN2O/c1-8-4-5-16-13(15)12(8)17-7-9-2-3-11(18)10(14)6-9/h2-6,17-18H,7H2,1H3. The summed E-state index contributed by atoms with van der Waals surface area (Å²) in [5.41, 5.74) is 2.93. The van der Waals surface area contributed by atoms with Gasteiger partial charge in [-0.3, -0.25) is 0 Å². The Hall–Kier alpha value is -1.26. The van der Waals surface area contributed by atoms with Gasteiger partial charge in [0.25, 0.3) is 0 Å². The molecule has 1 aromatic heterocycles. The fourth-order valence-electron chi connectivity index (χ4n) is 1.59. The van der Waals surface area contributed by atoms with Gasteiger partial charge in [-0.1, -0.05) is 17.7 Å². The van der Waals surface area contributed by atoms with Crippen LogP contribution in [0.5, 0.6) is 5.75 Å². The van der Waals surface area contributed by atoms with Crippen molar-refractivity contribution in [1.82, 2.24) is 4.98 Å². The van der Waals surface area contributed by atoms with Gasteiger partial charge in [-0.2, -0.15) is 0 Å². The lowest BCUT2D eigenvalue weighted by atomic mass is 10.2. The molecule has 0 saturated heterocycles. The van der Waals surface area contributed by atoms with E-state index in [4.69, 9.17) is 11.6 Å². The summed E-state index contributed by atoms with van der Waals surface area (Å²) in [5, 5.41) is 13.1. The monoisotopic (exact) mass is 326 g/mol. The lowest BCUT2D eigenvalue weighted by Crippen LogP contribution is -2.02. The Balaban J connectivity index is 2.14. The van der Waals surface area contributed by atoms with Crippen molar-refractivity contribution in [2.24, 2.45) is 0 Å². The zero-order chi connectivity index (χ0) is 13.1. The summed E-state index contributed by atoms with van der Waals surface area (Å²) in [5.74, 6) is 0.231. The van der Waals surface area contributed by atoms with Gasteiger partial charge < -0.3 is 10.4 Å². The van der Waals surface area contributed by atoms with E-state index < -0.39 is 0 Å². The first-order valence-electron chi connectivity index (χ1n) is 5.40. The Morgan fingerprint density at radius 3 is 2.83 bits per heavy atom. The normalized spacial score (nSPS) is 10.4. The van der Waals surface area contributed by atoms with E-state index in [1.165, 1.54) is 0 Å². The van der Waals surface area contributed by atoms with Crippen LogP contribution in [0.25, 0.3) is 0 Å². The fraction of sp³-hybridized carbons (Fsp3) is 0.154. The molecule has 0 saturated carbocycles. The van der Waals surface area contributed by atoms with Crippen molar-refractivity contribution in [2.75, 3.05) is 5.32 Å². The SMILES string of the molecule is Cc1ccnc(Cl)c1NCc1ccc(O)c(Br)c1. The van der Waals surface area contributed by atoms with Crippen LogP contribution < -0.4 is 5.32 Å². The molecule has 0 bridgehead atoms. The van der Waals surface area contributed by atoms with Crippen LogP contribution in [0.2, 0.25) is 5.15 Å². The number of aromatic nitrogens is 1. The number of rotatable bonds is 3. The molecule has 0 radical (unpaired) electrons. The molecule has 0 aliphatic heterocycles. The molecule has 0 amide bonds. The number of anilines is 1. The molecule has 0 aliphatic rings. The average Bonchev–Trinajstić information content (AvgIpc) is 2.33. The second-order valence-corrected chi connectivity index (χ2v) is 5.15. The summed E-state index contributed by atoms with van der Waals surface area (Å²) in [7, 11) is 0. The smallest absolute Gasteiger partial charge is 0.152 e. The number of aryl methyl sites for hydroxylation is 1. The van der Waals surface area contributed by atoms with Crippen molar-refractivity contribution in [3.8, 4) is 5.75 Å². The Kier molecular flexibility index (Phi) is 4.09. The van der Waals surface area contributed by atoms with E-state index in [2.05, 4.69) is 26.2 Å². The molecule has 0 unspecified atom stereocenters. The quantitative estimate of drug-likeness (QED) is 0.833. The molecular formula is C13H12BrClN2O. The van der Waals surface area contributed by atoms with Crippen LogP contribution in [0.15, 0.2) is 34.9 Å². The van der Waals surface area contributed by atoms with Gasteiger partial charge in [-0.25, -0.2) is 4.98 Å². The van der Waals surface area contributed by atoms with Crippen LogP contribution in [-0.2, 0) is 6.54 Å². The minimum Gasteiger partial charge on any atom is -0.507 e. The summed E-state index contributed by atoms with van der Waals surface area (Å²) in [4.78, 5) is 4.04. The van der Waals surface area contributed by atoms with Gasteiger partial charge in [0.2, 0.25) is 0 Å². The minimum absolute atomic E-state index is 0.231. The number of hydrogen-bond donors (Lipinski definition) is 2. The van der Waals surface area contributed by atoms with Crippen molar-refractivity contribution < 1.29 is 5.11 Å². The number of aromatic hydroxyl groups is 1. The van der Waals surface area contributed by atoms with Crippen LogP contribution in [0.1, 0.15) is 11.1 Å². The molecule has 3 nitrogen and oxygen atoms in total. The number of nitrogens with one attached hydrogen (secondary N) is 1. The molecule has 1 aromatic carbocycles. The third kappa shape index (κ3) is 2.94. The second-order valence-electron chi connectivity index (χ2n) is 3.93. The van der Waals surface area contributed by atoms with Crippen molar-refractivity contribution in [3.63, 3.8) is 0 Å². The number of pyridine rings is 1. The van der Waals surface area contributed by atoms with Crippen LogP contribution in [0, 0.1) is 6.92 Å². The number of phenolic OH excluding ortho intramolecular Hbond substituents is 1. The van der Waals surface area contributed by atoms with E-state index in [1.807, 2.05) is 25.1 Å². The van der Waals surface area contributed by atoms with Crippen molar-refractivity contribution >= 4 is 33.2 Å². The van der Waals surface area contributed by atoms with E-state index in [9.17, 15) is 5.11 Å². The van der Waals surface area contributed by atoms with Crippen LogP contribution in [0.4, 0.5) is 5.69 Å². The second kappa shape index (κ2) is 5.59. The molecule has 2 rings (SSSR count). The molecular weight excluding hydrogens is 316 g/mol. The van der Waals surface area contributed by atoms with Crippen LogP contribution in [-0.4, -0.2) is 10.1 Å².